The van der Waals surface area contributed by atoms with E-state index < -0.39 is 45.0 Å². The minimum atomic E-state index is -5.19. The highest BCUT2D eigenvalue weighted by atomic mass is 35.5. The van der Waals surface area contributed by atoms with Gasteiger partial charge in [-0.05, 0) is 23.9 Å². The Kier molecular flexibility index (Phi) is 4.70. The number of carbonyl (C=O) groups excluding carboxylic acids is 1. The molecule has 1 rings (SSSR count). The molecule has 0 saturated carbocycles. The number of benzene rings is 1. The molecule has 0 atom stereocenters. The van der Waals surface area contributed by atoms with Crippen LogP contribution in [0.4, 0.5) is 37.7 Å². The fourth-order valence-corrected chi connectivity index (χ4v) is 1.94. The fourth-order valence-electron chi connectivity index (χ4n) is 1.07. The normalized spacial score (nSPS) is 12.3. The summed E-state index contributed by atoms with van der Waals surface area (Å²) in [5.74, 6) is -2.35. The number of alkyl halides is 6. The van der Waals surface area contributed by atoms with Gasteiger partial charge in [0.25, 0.3) is 0 Å². The highest BCUT2D eigenvalue weighted by molar-refractivity contribution is 8.00. The summed E-state index contributed by atoms with van der Waals surface area (Å²) in [7, 11) is 0. The highest BCUT2D eigenvalue weighted by Gasteiger charge is 2.39. The molecule has 0 heterocycles. The second kappa shape index (κ2) is 5.60. The van der Waals surface area contributed by atoms with E-state index in [-0.39, 0.29) is 5.69 Å². The number of amides is 1. The third kappa shape index (κ3) is 4.67. The zero-order chi connectivity index (χ0) is 15.7. The number of anilines is 2. The standard InChI is InChI=1S/C9H5ClF6N2OS/c10-3-1-4(17)5(18-7(19)8(11,12)13)2-6(3)20-9(14,15)16/h1-2H,17H2,(H,18,19). The molecule has 1 aromatic rings. The SMILES string of the molecule is Nc1cc(Cl)c(SC(F)(F)F)cc1NC(=O)C(F)(F)F. The van der Waals surface area contributed by atoms with Crippen molar-refractivity contribution in [1.82, 2.24) is 0 Å². The Labute approximate surface area is 117 Å². The van der Waals surface area contributed by atoms with Gasteiger partial charge in [-0.3, -0.25) is 4.79 Å². The minimum absolute atomic E-state index is 0.390. The van der Waals surface area contributed by atoms with Gasteiger partial charge in [-0.25, -0.2) is 0 Å². The summed E-state index contributed by atoms with van der Waals surface area (Å²) in [6.45, 7) is 0. The van der Waals surface area contributed by atoms with Crippen LogP contribution in [-0.2, 0) is 4.79 Å². The van der Waals surface area contributed by atoms with Crippen LogP contribution in [0.5, 0.6) is 0 Å². The summed E-state index contributed by atoms with van der Waals surface area (Å²) in [6, 6.07) is 1.45. The molecular weight excluding hydrogens is 334 g/mol. The number of nitrogens with one attached hydrogen (secondary N) is 1. The monoisotopic (exact) mass is 338 g/mol. The maximum Gasteiger partial charge on any atom is 0.471 e. The summed E-state index contributed by atoms with van der Waals surface area (Å²) in [5.41, 5.74) is -0.398. The number of hydrogen-bond acceptors (Lipinski definition) is 3. The maximum absolute atomic E-state index is 12.2. The lowest BCUT2D eigenvalue weighted by Crippen LogP contribution is -2.30. The summed E-state index contributed by atoms with van der Waals surface area (Å²) in [4.78, 5) is 10.1. The Bertz CT molecular complexity index is 530. The lowest BCUT2D eigenvalue weighted by atomic mass is 10.2. The van der Waals surface area contributed by atoms with Crippen LogP contribution in [0.2, 0.25) is 5.02 Å². The van der Waals surface area contributed by atoms with E-state index in [9.17, 15) is 31.1 Å². The van der Waals surface area contributed by atoms with E-state index in [2.05, 4.69) is 0 Å². The van der Waals surface area contributed by atoms with Crippen molar-refractivity contribution in [3.8, 4) is 0 Å². The number of nitrogens with two attached hydrogens (primary N) is 1. The maximum atomic E-state index is 12.2. The second-order valence-electron chi connectivity index (χ2n) is 3.37. The minimum Gasteiger partial charge on any atom is -0.397 e. The largest absolute Gasteiger partial charge is 0.471 e. The van der Waals surface area contributed by atoms with Crippen molar-refractivity contribution in [2.24, 2.45) is 0 Å². The van der Waals surface area contributed by atoms with E-state index in [0.717, 1.165) is 6.07 Å². The number of halogens is 7. The molecule has 1 aromatic carbocycles. The molecule has 3 N–H and O–H groups in total. The van der Waals surface area contributed by atoms with Gasteiger partial charge in [0.2, 0.25) is 0 Å². The van der Waals surface area contributed by atoms with E-state index in [1.54, 1.807) is 0 Å². The molecular formula is C9H5ClF6N2OS. The summed E-state index contributed by atoms with van der Waals surface area (Å²) in [5, 5.41) is 0.982. The Balaban J connectivity index is 3.09. The number of thioether (sulfide) groups is 1. The second-order valence-corrected chi connectivity index (χ2v) is 4.88. The van der Waals surface area contributed by atoms with Crippen molar-refractivity contribution >= 4 is 40.6 Å². The molecule has 112 valence electrons. The lowest BCUT2D eigenvalue weighted by Gasteiger charge is -2.13. The third-order valence-corrected chi connectivity index (χ3v) is 3.05. The molecule has 0 aliphatic carbocycles. The van der Waals surface area contributed by atoms with Gasteiger partial charge >= 0.3 is 17.6 Å². The first-order valence-corrected chi connectivity index (χ1v) is 5.82. The molecule has 0 unspecified atom stereocenters. The first-order chi connectivity index (χ1) is 8.90. The third-order valence-electron chi connectivity index (χ3n) is 1.84. The smallest absolute Gasteiger partial charge is 0.397 e. The van der Waals surface area contributed by atoms with Crippen LogP contribution in [0.25, 0.3) is 0 Å². The number of nitrogen functional groups attached to an aromatic ring is 1. The Hall–Kier alpha value is -1.29. The predicted octanol–water partition coefficient (Wildman–Crippen LogP) is 4.03. The van der Waals surface area contributed by atoms with Crippen molar-refractivity contribution < 1.29 is 31.1 Å². The molecule has 3 nitrogen and oxygen atoms in total. The van der Waals surface area contributed by atoms with Crippen LogP contribution in [0.3, 0.4) is 0 Å². The zero-order valence-electron chi connectivity index (χ0n) is 9.19. The number of rotatable bonds is 2. The van der Waals surface area contributed by atoms with Gasteiger partial charge in [0.1, 0.15) is 0 Å². The van der Waals surface area contributed by atoms with Gasteiger partial charge < -0.3 is 11.1 Å². The van der Waals surface area contributed by atoms with Crippen LogP contribution in [0.1, 0.15) is 0 Å². The Morgan fingerprint density at radius 1 is 1.20 bits per heavy atom. The van der Waals surface area contributed by atoms with E-state index in [1.165, 1.54) is 5.32 Å². The van der Waals surface area contributed by atoms with Crippen LogP contribution < -0.4 is 11.1 Å². The summed E-state index contributed by atoms with van der Waals surface area (Å²) < 4.78 is 72.8. The van der Waals surface area contributed by atoms with Crippen LogP contribution in [0, 0.1) is 0 Å². The fraction of sp³-hybridized carbons (Fsp3) is 0.222. The summed E-state index contributed by atoms with van der Waals surface area (Å²) >= 11 is 4.86. The van der Waals surface area contributed by atoms with Crippen molar-refractivity contribution in [2.75, 3.05) is 11.1 Å². The van der Waals surface area contributed by atoms with Crippen molar-refractivity contribution in [1.29, 1.82) is 0 Å². The van der Waals surface area contributed by atoms with Crippen LogP contribution >= 0.6 is 23.4 Å². The van der Waals surface area contributed by atoms with Gasteiger partial charge in [0.05, 0.1) is 16.4 Å². The van der Waals surface area contributed by atoms with Crippen molar-refractivity contribution in [2.45, 2.75) is 16.6 Å². The summed E-state index contributed by atoms with van der Waals surface area (Å²) in [6.07, 6.45) is -5.19. The molecule has 0 aliphatic rings. The molecule has 11 heteroatoms. The quantitative estimate of drug-likeness (QED) is 0.486. The first kappa shape index (κ1) is 16.8. The van der Waals surface area contributed by atoms with Gasteiger partial charge in [0.15, 0.2) is 0 Å². The number of hydrogen-bond donors (Lipinski definition) is 2. The van der Waals surface area contributed by atoms with Gasteiger partial charge in [-0.2, -0.15) is 26.3 Å². The van der Waals surface area contributed by atoms with Gasteiger partial charge in [-0.15, -0.1) is 0 Å². The molecule has 0 radical (unpaired) electrons. The number of carbonyl (C=O) groups is 1. The van der Waals surface area contributed by atoms with E-state index in [4.69, 9.17) is 17.3 Å². The Morgan fingerprint density at radius 3 is 2.20 bits per heavy atom. The first-order valence-electron chi connectivity index (χ1n) is 4.63. The average molecular weight is 339 g/mol. The topological polar surface area (TPSA) is 55.1 Å². The van der Waals surface area contributed by atoms with E-state index >= 15 is 0 Å². The molecule has 20 heavy (non-hydrogen) atoms. The molecule has 1 amide bonds. The molecule has 0 spiro atoms. The highest BCUT2D eigenvalue weighted by Crippen LogP contribution is 2.42. The lowest BCUT2D eigenvalue weighted by molar-refractivity contribution is -0.167. The molecule has 0 aromatic heterocycles. The predicted molar refractivity (Wildman–Crippen MR) is 62.5 cm³/mol. The molecule has 0 fully saturated rings. The van der Waals surface area contributed by atoms with Crippen molar-refractivity contribution in [3.63, 3.8) is 0 Å². The average Bonchev–Trinajstić information content (AvgIpc) is 2.21. The van der Waals surface area contributed by atoms with Gasteiger partial charge in [0, 0.05) is 4.90 Å². The molecule has 0 saturated heterocycles. The van der Waals surface area contributed by atoms with Gasteiger partial charge in [-0.1, -0.05) is 11.6 Å². The zero-order valence-corrected chi connectivity index (χ0v) is 10.8. The van der Waals surface area contributed by atoms with Crippen molar-refractivity contribution in [3.05, 3.63) is 17.2 Å². The van der Waals surface area contributed by atoms with E-state index in [0.29, 0.717) is 6.07 Å². The van der Waals surface area contributed by atoms with Crippen LogP contribution in [0.15, 0.2) is 17.0 Å². The molecule has 0 aliphatic heterocycles. The Morgan fingerprint density at radius 2 is 1.75 bits per heavy atom. The molecule has 0 bridgehead atoms. The van der Waals surface area contributed by atoms with E-state index in [1.807, 2.05) is 0 Å². The van der Waals surface area contributed by atoms with Crippen LogP contribution in [-0.4, -0.2) is 17.6 Å².